The number of ether oxygens (including phenoxy) is 1. The maximum atomic E-state index is 13.7. The maximum Gasteiger partial charge on any atom is 0.233 e. The lowest BCUT2D eigenvalue weighted by atomic mass is 10.1. The number of carbonyl (C=O) groups excluding carboxylic acids is 1. The Labute approximate surface area is 198 Å². The number of carbonyl (C=O) groups is 1. The minimum Gasteiger partial charge on any atom is -0.376 e. The zero-order chi connectivity index (χ0) is 23.2. The molecular weight excluding hydrogens is 439 g/mol. The molecule has 1 aliphatic rings. The van der Waals surface area contributed by atoms with E-state index < -0.39 is 0 Å². The number of rotatable bonds is 9. The molecule has 0 radical (unpaired) electrons. The van der Waals surface area contributed by atoms with Gasteiger partial charge in [0.1, 0.15) is 5.82 Å². The van der Waals surface area contributed by atoms with Crippen molar-refractivity contribution in [2.75, 3.05) is 18.9 Å². The Morgan fingerprint density at radius 1 is 1.24 bits per heavy atom. The van der Waals surface area contributed by atoms with Crippen molar-refractivity contribution in [3.05, 3.63) is 65.5 Å². The Hall–Kier alpha value is -2.71. The summed E-state index contributed by atoms with van der Waals surface area (Å²) in [5, 5.41) is 9.49. The molecule has 4 rings (SSSR count). The van der Waals surface area contributed by atoms with Crippen LogP contribution in [-0.2, 0) is 22.6 Å². The summed E-state index contributed by atoms with van der Waals surface area (Å²) < 4.78 is 21.5. The fourth-order valence-electron chi connectivity index (χ4n) is 4.07. The summed E-state index contributed by atoms with van der Waals surface area (Å²) in [6.45, 7) is 6.38. The molecule has 0 spiro atoms. The van der Waals surface area contributed by atoms with Crippen LogP contribution in [0.3, 0.4) is 0 Å². The molecule has 2 aromatic carbocycles. The second kappa shape index (κ2) is 10.9. The summed E-state index contributed by atoms with van der Waals surface area (Å²) in [6.07, 6.45) is 1.96. The number of thioether (sulfide) groups is 1. The first kappa shape index (κ1) is 23.4. The first-order valence-corrected chi connectivity index (χ1v) is 12.3. The molecule has 1 unspecified atom stereocenters. The van der Waals surface area contributed by atoms with Gasteiger partial charge in [0.15, 0.2) is 11.0 Å². The number of nitrogens with zero attached hydrogens (tertiary/aromatic N) is 4. The van der Waals surface area contributed by atoms with Crippen LogP contribution in [0.25, 0.3) is 11.4 Å². The fraction of sp³-hybridized carbons (Fsp3) is 0.400. The van der Waals surface area contributed by atoms with E-state index in [-0.39, 0.29) is 23.6 Å². The first-order valence-electron chi connectivity index (χ1n) is 11.3. The van der Waals surface area contributed by atoms with E-state index in [0.29, 0.717) is 24.8 Å². The Bertz CT molecular complexity index is 1100. The van der Waals surface area contributed by atoms with Crippen LogP contribution < -0.4 is 0 Å². The Balaban J connectivity index is 1.48. The molecule has 174 valence electrons. The molecule has 1 atom stereocenters. The van der Waals surface area contributed by atoms with Gasteiger partial charge in [-0.15, -0.1) is 10.2 Å². The minimum atomic E-state index is -0.300. The van der Waals surface area contributed by atoms with Gasteiger partial charge >= 0.3 is 0 Å². The largest absolute Gasteiger partial charge is 0.376 e. The Morgan fingerprint density at radius 2 is 2.09 bits per heavy atom. The highest BCUT2D eigenvalue weighted by Gasteiger charge is 2.24. The Kier molecular flexibility index (Phi) is 7.77. The lowest BCUT2D eigenvalue weighted by molar-refractivity contribution is -0.130. The molecule has 1 fully saturated rings. The predicted octanol–water partition coefficient (Wildman–Crippen LogP) is 4.71. The van der Waals surface area contributed by atoms with Crippen LogP contribution in [0.1, 0.15) is 30.9 Å². The SMILES string of the molecule is CCn1c(SCC(=O)N(Cc2cccc(F)c2)CC2CCCO2)nnc1-c1ccccc1C. The van der Waals surface area contributed by atoms with Crippen molar-refractivity contribution in [3.63, 3.8) is 0 Å². The number of aromatic nitrogens is 3. The van der Waals surface area contributed by atoms with Gasteiger partial charge in [0.25, 0.3) is 0 Å². The van der Waals surface area contributed by atoms with Crippen molar-refractivity contribution >= 4 is 17.7 Å². The number of halogens is 1. The van der Waals surface area contributed by atoms with Crippen molar-refractivity contribution in [1.82, 2.24) is 19.7 Å². The van der Waals surface area contributed by atoms with Gasteiger partial charge in [-0.25, -0.2) is 4.39 Å². The highest BCUT2D eigenvalue weighted by atomic mass is 32.2. The predicted molar refractivity (Wildman–Crippen MR) is 127 cm³/mol. The van der Waals surface area contributed by atoms with Crippen molar-refractivity contribution in [2.24, 2.45) is 0 Å². The highest BCUT2D eigenvalue weighted by Crippen LogP contribution is 2.27. The number of aryl methyl sites for hydroxylation is 1. The average molecular weight is 469 g/mol. The van der Waals surface area contributed by atoms with Crippen LogP contribution >= 0.6 is 11.8 Å². The topological polar surface area (TPSA) is 60.2 Å². The standard InChI is InChI=1S/C25H29FN4O2S/c1-3-30-24(22-12-5-4-8-18(22)2)27-28-25(30)33-17-23(31)29(16-21-11-7-13-32-21)15-19-9-6-10-20(26)14-19/h4-6,8-10,12,14,21H,3,7,11,13,15-17H2,1-2H3. The second-order valence-electron chi connectivity index (χ2n) is 8.19. The molecule has 8 heteroatoms. The molecule has 33 heavy (non-hydrogen) atoms. The molecule has 1 amide bonds. The first-order chi connectivity index (χ1) is 16.0. The molecule has 3 aromatic rings. The van der Waals surface area contributed by atoms with Crippen molar-refractivity contribution in [1.29, 1.82) is 0 Å². The van der Waals surface area contributed by atoms with E-state index in [1.54, 1.807) is 11.0 Å². The molecule has 1 aliphatic heterocycles. The van der Waals surface area contributed by atoms with E-state index in [2.05, 4.69) is 23.2 Å². The van der Waals surface area contributed by atoms with Crippen LogP contribution in [0, 0.1) is 12.7 Å². The molecule has 0 aliphatic carbocycles. The van der Waals surface area contributed by atoms with E-state index in [4.69, 9.17) is 4.74 Å². The fourth-order valence-corrected chi connectivity index (χ4v) is 4.97. The summed E-state index contributed by atoms with van der Waals surface area (Å²) in [7, 11) is 0. The van der Waals surface area contributed by atoms with E-state index in [1.165, 1.54) is 23.9 Å². The van der Waals surface area contributed by atoms with Crippen molar-refractivity contribution < 1.29 is 13.9 Å². The normalized spacial score (nSPS) is 15.7. The zero-order valence-electron chi connectivity index (χ0n) is 19.0. The van der Waals surface area contributed by atoms with Gasteiger partial charge < -0.3 is 14.2 Å². The minimum absolute atomic E-state index is 0.0251. The molecular formula is C25H29FN4O2S. The second-order valence-corrected chi connectivity index (χ2v) is 9.14. The van der Waals surface area contributed by atoms with Crippen molar-refractivity contribution in [3.8, 4) is 11.4 Å². The summed E-state index contributed by atoms with van der Waals surface area (Å²) in [4.78, 5) is 15.0. The number of hydrogen-bond donors (Lipinski definition) is 0. The van der Waals surface area contributed by atoms with Crippen LogP contribution in [0.2, 0.25) is 0 Å². The summed E-state index contributed by atoms with van der Waals surface area (Å²) in [5.74, 6) is 0.712. The quantitative estimate of drug-likeness (QED) is 0.426. The van der Waals surface area contributed by atoms with Crippen LogP contribution in [0.4, 0.5) is 4.39 Å². The molecule has 6 nitrogen and oxygen atoms in total. The third kappa shape index (κ3) is 5.81. The smallest absolute Gasteiger partial charge is 0.233 e. The lowest BCUT2D eigenvalue weighted by Gasteiger charge is -2.25. The average Bonchev–Trinajstić information content (AvgIpc) is 3.47. The van der Waals surface area contributed by atoms with Gasteiger partial charge in [-0.1, -0.05) is 48.2 Å². The molecule has 0 bridgehead atoms. The highest BCUT2D eigenvalue weighted by molar-refractivity contribution is 7.99. The van der Waals surface area contributed by atoms with Gasteiger partial charge in [-0.2, -0.15) is 0 Å². The van der Waals surface area contributed by atoms with Crippen molar-refractivity contribution in [2.45, 2.75) is 51.0 Å². The van der Waals surface area contributed by atoms with Crippen LogP contribution in [-0.4, -0.2) is 50.6 Å². The van der Waals surface area contributed by atoms with Gasteiger partial charge in [0, 0.05) is 31.8 Å². The zero-order valence-corrected chi connectivity index (χ0v) is 19.9. The van der Waals surface area contributed by atoms with E-state index in [9.17, 15) is 9.18 Å². The van der Waals surface area contributed by atoms with Gasteiger partial charge in [-0.3, -0.25) is 4.79 Å². The van der Waals surface area contributed by atoms with Crippen LogP contribution in [0.5, 0.6) is 0 Å². The third-order valence-corrected chi connectivity index (χ3v) is 6.76. The monoisotopic (exact) mass is 468 g/mol. The maximum absolute atomic E-state index is 13.7. The number of benzene rings is 2. The summed E-state index contributed by atoms with van der Waals surface area (Å²) in [6, 6.07) is 14.5. The summed E-state index contributed by atoms with van der Waals surface area (Å²) >= 11 is 1.38. The molecule has 0 N–H and O–H groups in total. The van der Waals surface area contributed by atoms with Crippen LogP contribution in [0.15, 0.2) is 53.7 Å². The number of hydrogen-bond acceptors (Lipinski definition) is 5. The molecule has 1 aromatic heterocycles. The van der Waals surface area contributed by atoms with Gasteiger partial charge in [-0.05, 0) is 49.9 Å². The number of amides is 1. The summed E-state index contributed by atoms with van der Waals surface area (Å²) in [5.41, 5.74) is 2.94. The van der Waals surface area contributed by atoms with E-state index in [1.807, 2.05) is 35.8 Å². The van der Waals surface area contributed by atoms with E-state index >= 15 is 0 Å². The Morgan fingerprint density at radius 3 is 2.82 bits per heavy atom. The van der Waals surface area contributed by atoms with E-state index in [0.717, 1.165) is 42.0 Å². The van der Waals surface area contributed by atoms with Gasteiger partial charge in [0.05, 0.1) is 11.9 Å². The lowest BCUT2D eigenvalue weighted by Crippen LogP contribution is -2.38. The molecule has 1 saturated heterocycles. The third-order valence-electron chi connectivity index (χ3n) is 5.81. The molecule has 0 saturated carbocycles. The van der Waals surface area contributed by atoms with Gasteiger partial charge in [0.2, 0.25) is 5.91 Å². The molecule has 2 heterocycles.